The third kappa shape index (κ3) is 3.84. The van der Waals surface area contributed by atoms with Crippen LogP contribution < -0.4 is 5.32 Å². The molecule has 3 aromatic rings. The van der Waals surface area contributed by atoms with Gasteiger partial charge in [-0.15, -0.1) is 0 Å². The van der Waals surface area contributed by atoms with E-state index in [0.29, 0.717) is 11.4 Å². The first-order chi connectivity index (χ1) is 13.6. The minimum atomic E-state index is -0.633. The molecule has 1 aliphatic rings. The van der Waals surface area contributed by atoms with Crippen molar-refractivity contribution >= 4 is 5.91 Å². The van der Waals surface area contributed by atoms with Crippen molar-refractivity contribution < 1.29 is 9.18 Å². The van der Waals surface area contributed by atoms with Crippen molar-refractivity contribution in [2.45, 2.75) is 38.1 Å². The summed E-state index contributed by atoms with van der Waals surface area (Å²) >= 11 is 0. The zero-order valence-electron chi connectivity index (χ0n) is 16.0. The molecule has 0 aliphatic heterocycles. The molecule has 4 rings (SSSR count). The Hall–Kier alpha value is -2.95. The molecule has 1 unspecified atom stereocenters. The highest BCUT2D eigenvalue weighted by Crippen LogP contribution is 2.25. The molecule has 0 saturated heterocycles. The number of amides is 1. The van der Waals surface area contributed by atoms with Gasteiger partial charge in [0, 0.05) is 25.0 Å². The Bertz CT molecular complexity index is 995. The van der Waals surface area contributed by atoms with Crippen LogP contribution in [0.2, 0.25) is 0 Å². The number of fused-ring (bicyclic) bond motifs is 1. The van der Waals surface area contributed by atoms with Crippen LogP contribution in [0.4, 0.5) is 4.39 Å². The standard InChI is InChI=1S/C23H24FN3O/c1-27-13-12-25-23(27)22(19-8-4-5-9-20(19)24)26-21(28)15-16-10-11-17-6-2-3-7-18(17)14-16/h4-5,8-14,22H,2-3,6-7,15H2,1H3,(H,26,28). The summed E-state index contributed by atoms with van der Waals surface area (Å²) in [5.74, 6) is 0.0977. The molecule has 0 saturated carbocycles. The molecule has 0 spiro atoms. The second kappa shape index (κ2) is 7.97. The number of aromatic nitrogens is 2. The highest BCUT2D eigenvalue weighted by molar-refractivity contribution is 5.79. The van der Waals surface area contributed by atoms with Crippen molar-refractivity contribution in [1.82, 2.24) is 14.9 Å². The molecule has 1 amide bonds. The van der Waals surface area contributed by atoms with Gasteiger partial charge in [0.1, 0.15) is 17.7 Å². The van der Waals surface area contributed by atoms with Crippen LogP contribution in [0, 0.1) is 5.82 Å². The van der Waals surface area contributed by atoms with Gasteiger partial charge in [0.2, 0.25) is 5.91 Å². The van der Waals surface area contributed by atoms with Crippen LogP contribution in [0.5, 0.6) is 0 Å². The zero-order chi connectivity index (χ0) is 19.5. The van der Waals surface area contributed by atoms with E-state index in [0.717, 1.165) is 18.4 Å². The number of carbonyl (C=O) groups excluding carboxylic acids is 1. The lowest BCUT2D eigenvalue weighted by Crippen LogP contribution is -2.32. The van der Waals surface area contributed by atoms with E-state index in [2.05, 4.69) is 22.4 Å². The molecule has 1 aliphatic carbocycles. The monoisotopic (exact) mass is 377 g/mol. The van der Waals surface area contributed by atoms with Gasteiger partial charge in [0.15, 0.2) is 0 Å². The fourth-order valence-corrected chi connectivity index (χ4v) is 3.94. The summed E-state index contributed by atoms with van der Waals surface area (Å²) in [4.78, 5) is 17.1. The topological polar surface area (TPSA) is 46.9 Å². The Morgan fingerprint density at radius 3 is 2.71 bits per heavy atom. The van der Waals surface area contributed by atoms with Crippen LogP contribution in [-0.2, 0) is 31.1 Å². The maximum absolute atomic E-state index is 14.4. The van der Waals surface area contributed by atoms with Crippen molar-refractivity contribution in [3.8, 4) is 0 Å². The van der Waals surface area contributed by atoms with Crippen LogP contribution in [0.3, 0.4) is 0 Å². The number of rotatable bonds is 5. The summed E-state index contributed by atoms with van der Waals surface area (Å²) in [6.07, 6.45) is 8.35. The molecule has 0 fully saturated rings. The van der Waals surface area contributed by atoms with Gasteiger partial charge in [-0.05, 0) is 48.4 Å². The number of imidazole rings is 1. The number of carbonyl (C=O) groups is 1. The van der Waals surface area contributed by atoms with Gasteiger partial charge in [-0.2, -0.15) is 0 Å². The second-order valence-corrected chi connectivity index (χ2v) is 7.41. The molecular formula is C23H24FN3O. The van der Waals surface area contributed by atoms with Gasteiger partial charge in [-0.3, -0.25) is 4.79 Å². The van der Waals surface area contributed by atoms with Gasteiger partial charge in [0.25, 0.3) is 0 Å². The first-order valence-electron chi connectivity index (χ1n) is 9.73. The average molecular weight is 377 g/mol. The number of benzene rings is 2. The summed E-state index contributed by atoms with van der Waals surface area (Å²) in [5, 5.41) is 2.98. The van der Waals surface area contributed by atoms with Crippen molar-refractivity contribution in [2.75, 3.05) is 0 Å². The number of halogens is 1. The summed E-state index contributed by atoms with van der Waals surface area (Å²) < 4.78 is 16.2. The van der Waals surface area contributed by atoms with Crippen molar-refractivity contribution in [3.05, 3.63) is 88.8 Å². The summed E-state index contributed by atoms with van der Waals surface area (Å²) in [6.45, 7) is 0. The maximum Gasteiger partial charge on any atom is 0.225 e. The summed E-state index contributed by atoms with van der Waals surface area (Å²) in [6, 6.07) is 12.2. The predicted octanol–water partition coefficient (Wildman–Crippen LogP) is 3.89. The summed E-state index contributed by atoms with van der Waals surface area (Å²) in [5.41, 5.74) is 4.15. The lowest BCUT2D eigenvalue weighted by Gasteiger charge is -2.20. The Balaban J connectivity index is 1.56. The van der Waals surface area contributed by atoms with Crippen LogP contribution in [0.15, 0.2) is 54.9 Å². The molecular weight excluding hydrogens is 353 g/mol. The number of nitrogens with one attached hydrogen (secondary N) is 1. The lowest BCUT2D eigenvalue weighted by atomic mass is 9.90. The fourth-order valence-electron chi connectivity index (χ4n) is 3.94. The highest BCUT2D eigenvalue weighted by Gasteiger charge is 2.23. The van der Waals surface area contributed by atoms with Gasteiger partial charge >= 0.3 is 0 Å². The lowest BCUT2D eigenvalue weighted by molar-refractivity contribution is -0.121. The third-order valence-corrected chi connectivity index (χ3v) is 5.42. The van der Waals surface area contributed by atoms with Crippen LogP contribution >= 0.6 is 0 Å². The largest absolute Gasteiger partial charge is 0.342 e. The van der Waals surface area contributed by atoms with E-state index < -0.39 is 6.04 Å². The molecule has 144 valence electrons. The third-order valence-electron chi connectivity index (χ3n) is 5.42. The van der Waals surface area contributed by atoms with Crippen LogP contribution in [-0.4, -0.2) is 15.5 Å². The van der Waals surface area contributed by atoms with Gasteiger partial charge in [0.05, 0.1) is 6.42 Å². The molecule has 4 nitrogen and oxygen atoms in total. The first kappa shape index (κ1) is 18.4. The molecule has 2 aromatic carbocycles. The Morgan fingerprint density at radius 2 is 1.96 bits per heavy atom. The quantitative estimate of drug-likeness (QED) is 0.733. The van der Waals surface area contributed by atoms with Crippen LogP contribution in [0.1, 0.15) is 47.0 Å². The SMILES string of the molecule is Cn1ccnc1C(NC(=O)Cc1ccc2c(c1)CCCC2)c1ccccc1F. The smallest absolute Gasteiger partial charge is 0.225 e. The van der Waals surface area contributed by atoms with Gasteiger partial charge in [-0.25, -0.2) is 9.37 Å². The normalized spacial score (nSPS) is 14.4. The Morgan fingerprint density at radius 1 is 1.18 bits per heavy atom. The van der Waals surface area contributed by atoms with Gasteiger partial charge < -0.3 is 9.88 Å². The molecule has 1 heterocycles. The molecule has 0 radical (unpaired) electrons. The molecule has 28 heavy (non-hydrogen) atoms. The fraction of sp³-hybridized carbons (Fsp3) is 0.304. The number of aryl methyl sites for hydroxylation is 3. The van der Waals surface area contributed by atoms with Crippen molar-refractivity contribution in [3.63, 3.8) is 0 Å². The molecule has 1 aromatic heterocycles. The predicted molar refractivity (Wildman–Crippen MR) is 106 cm³/mol. The number of nitrogens with zero attached hydrogens (tertiary/aromatic N) is 2. The van der Waals surface area contributed by atoms with E-state index >= 15 is 0 Å². The van der Waals surface area contributed by atoms with Crippen molar-refractivity contribution in [1.29, 1.82) is 0 Å². The Labute approximate surface area is 164 Å². The molecule has 5 heteroatoms. The highest BCUT2D eigenvalue weighted by atomic mass is 19.1. The summed E-state index contributed by atoms with van der Waals surface area (Å²) in [7, 11) is 1.84. The zero-order valence-corrected chi connectivity index (χ0v) is 16.0. The van der Waals surface area contributed by atoms with E-state index in [1.54, 1.807) is 35.2 Å². The van der Waals surface area contributed by atoms with E-state index in [1.807, 2.05) is 13.1 Å². The van der Waals surface area contributed by atoms with E-state index in [-0.39, 0.29) is 18.1 Å². The first-order valence-corrected chi connectivity index (χ1v) is 9.73. The second-order valence-electron chi connectivity index (χ2n) is 7.41. The minimum absolute atomic E-state index is 0.146. The van der Waals surface area contributed by atoms with Crippen molar-refractivity contribution in [2.24, 2.45) is 7.05 Å². The number of hydrogen-bond donors (Lipinski definition) is 1. The van der Waals surface area contributed by atoms with E-state index in [4.69, 9.17) is 0 Å². The molecule has 1 N–H and O–H groups in total. The Kier molecular flexibility index (Phi) is 5.24. The van der Waals surface area contributed by atoms with Gasteiger partial charge in [-0.1, -0.05) is 36.4 Å². The average Bonchev–Trinajstić information content (AvgIpc) is 3.12. The van der Waals surface area contributed by atoms with E-state index in [1.165, 1.54) is 30.0 Å². The maximum atomic E-state index is 14.4. The number of hydrogen-bond acceptors (Lipinski definition) is 2. The molecule has 1 atom stereocenters. The van der Waals surface area contributed by atoms with E-state index in [9.17, 15) is 9.18 Å². The van der Waals surface area contributed by atoms with Crippen LogP contribution in [0.25, 0.3) is 0 Å². The minimum Gasteiger partial charge on any atom is -0.342 e. The molecule has 0 bridgehead atoms.